The van der Waals surface area contributed by atoms with E-state index in [1.165, 1.54) is 17.7 Å². The second kappa shape index (κ2) is 9.28. The number of ether oxygens (including phenoxy) is 2. The zero-order valence-electron chi connectivity index (χ0n) is 17.3. The number of hydrogen-bond donors (Lipinski definition) is 1. The highest BCUT2D eigenvalue weighted by molar-refractivity contribution is 6.37. The van der Waals surface area contributed by atoms with Gasteiger partial charge in [0, 0.05) is 18.6 Å². The van der Waals surface area contributed by atoms with Gasteiger partial charge in [0.25, 0.3) is 0 Å². The number of phenolic OH excluding ortho intramolecular Hbond substituents is 1. The molecule has 2 aromatic rings. The maximum atomic E-state index is 9.43. The highest BCUT2D eigenvalue weighted by Gasteiger charge is 2.27. The lowest BCUT2D eigenvalue weighted by molar-refractivity contribution is 0.247. The van der Waals surface area contributed by atoms with E-state index in [1.54, 1.807) is 0 Å². The van der Waals surface area contributed by atoms with Gasteiger partial charge in [-0.3, -0.25) is 0 Å². The number of halogens is 2. The number of hydrogen-bond acceptors (Lipinski definition) is 3. The first-order valence-electron chi connectivity index (χ1n) is 9.52. The third-order valence-corrected chi connectivity index (χ3v) is 4.96. The minimum Gasteiger partial charge on any atom is -0.508 e. The van der Waals surface area contributed by atoms with Gasteiger partial charge >= 0.3 is 0 Å². The smallest absolute Gasteiger partial charge is 0.156 e. The zero-order chi connectivity index (χ0) is 20.9. The van der Waals surface area contributed by atoms with Crippen molar-refractivity contribution < 1.29 is 14.6 Å². The predicted molar refractivity (Wildman–Crippen MR) is 117 cm³/mol. The Morgan fingerprint density at radius 2 is 1.39 bits per heavy atom. The Balaban J connectivity index is 1.81. The predicted octanol–water partition coefficient (Wildman–Crippen LogP) is 7.26. The molecule has 154 valence electrons. The Labute approximate surface area is 178 Å². The van der Waals surface area contributed by atoms with E-state index in [0.717, 1.165) is 12.2 Å². The largest absolute Gasteiger partial charge is 0.508 e. The van der Waals surface area contributed by atoms with E-state index >= 15 is 0 Å². The summed E-state index contributed by atoms with van der Waals surface area (Å²) in [7, 11) is 0. The van der Waals surface area contributed by atoms with Crippen molar-refractivity contribution in [1.82, 2.24) is 0 Å². The fraction of sp³-hybridized carbons (Fsp3) is 0.478. The highest BCUT2D eigenvalue weighted by atomic mass is 35.5. The second-order valence-electron chi connectivity index (χ2n) is 8.93. The van der Waals surface area contributed by atoms with Crippen LogP contribution in [0.25, 0.3) is 0 Å². The van der Waals surface area contributed by atoms with Crippen LogP contribution < -0.4 is 9.47 Å². The maximum absolute atomic E-state index is 9.43. The Kier molecular flexibility index (Phi) is 7.52. The summed E-state index contributed by atoms with van der Waals surface area (Å²) in [4.78, 5) is 0. The average molecular weight is 425 g/mol. The van der Waals surface area contributed by atoms with Crippen LogP contribution in [0.15, 0.2) is 36.4 Å². The van der Waals surface area contributed by atoms with E-state index in [4.69, 9.17) is 32.7 Å². The van der Waals surface area contributed by atoms with Gasteiger partial charge < -0.3 is 14.6 Å². The first kappa shape index (κ1) is 22.7. The molecule has 3 nitrogen and oxygen atoms in total. The molecular formula is C23H30Cl2O3. The molecule has 0 amide bonds. The van der Waals surface area contributed by atoms with Crippen molar-refractivity contribution in [2.45, 2.75) is 52.9 Å². The number of aromatic hydroxyl groups is 1. The van der Waals surface area contributed by atoms with Gasteiger partial charge in [-0.1, -0.05) is 70.0 Å². The van der Waals surface area contributed by atoms with Crippen LogP contribution >= 0.6 is 23.2 Å². The van der Waals surface area contributed by atoms with Crippen LogP contribution in [0.1, 0.15) is 53.0 Å². The summed E-state index contributed by atoms with van der Waals surface area (Å²) in [6, 6.07) is 11.1. The fourth-order valence-corrected chi connectivity index (χ4v) is 4.12. The van der Waals surface area contributed by atoms with Gasteiger partial charge in [-0.2, -0.15) is 0 Å². The summed E-state index contributed by atoms with van der Waals surface area (Å²) in [5.74, 6) is 1.24. The molecular weight excluding hydrogens is 395 g/mol. The molecule has 0 aliphatic heterocycles. The Bertz CT molecular complexity index is 754. The molecule has 2 rings (SSSR count). The monoisotopic (exact) mass is 424 g/mol. The third kappa shape index (κ3) is 6.79. The molecule has 2 aromatic carbocycles. The molecule has 0 aliphatic rings. The molecule has 1 N–H and O–H groups in total. The summed E-state index contributed by atoms with van der Waals surface area (Å²) in [5.41, 5.74) is 1.71. The van der Waals surface area contributed by atoms with Crippen LogP contribution in [0.3, 0.4) is 0 Å². The van der Waals surface area contributed by atoms with Gasteiger partial charge in [0.1, 0.15) is 11.5 Å². The van der Waals surface area contributed by atoms with Gasteiger partial charge in [0.2, 0.25) is 0 Å². The molecule has 0 bridgehead atoms. The topological polar surface area (TPSA) is 38.7 Å². The van der Waals surface area contributed by atoms with Crippen molar-refractivity contribution in [2.75, 3.05) is 13.2 Å². The van der Waals surface area contributed by atoms with E-state index in [0.29, 0.717) is 35.4 Å². The standard InChI is InChI=1S/C23H30Cl2O3/c1-22(2,3)15-23(4,5)16-7-9-18(10-8-16)27-11-6-12-28-21-19(24)13-17(26)14-20(21)25/h7-10,13-14,26H,6,11-12,15H2,1-5H3. The normalized spacial score (nSPS) is 12.1. The third-order valence-electron chi connectivity index (χ3n) is 4.39. The van der Waals surface area contributed by atoms with E-state index in [-0.39, 0.29) is 16.6 Å². The van der Waals surface area contributed by atoms with Crippen molar-refractivity contribution in [3.63, 3.8) is 0 Å². The molecule has 0 atom stereocenters. The summed E-state index contributed by atoms with van der Waals surface area (Å²) < 4.78 is 11.4. The van der Waals surface area contributed by atoms with Crippen LogP contribution in [-0.4, -0.2) is 18.3 Å². The van der Waals surface area contributed by atoms with Gasteiger partial charge in [-0.05, 0) is 34.9 Å². The molecule has 0 fully saturated rings. The Hall–Kier alpha value is -1.58. The summed E-state index contributed by atoms with van der Waals surface area (Å²) >= 11 is 12.1. The molecule has 0 saturated carbocycles. The van der Waals surface area contributed by atoms with Crippen molar-refractivity contribution in [3.05, 3.63) is 52.0 Å². The fourth-order valence-electron chi connectivity index (χ4n) is 3.54. The lowest BCUT2D eigenvalue weighted by Gasteiger charge is -2.33. The SMILES string of the molecule is CC(C)(C)CC(C)(C)c1ccc(OCCCOc2c(Cl)cc(O)cc2Cl)cc1. The Morgan fingerprint density at radius 1 is 0.857 bits per heavy atom. The van der Waals surface area contributed by atoms with Gasteiger partial charge in [0.05, 0.1) is 23.3 Å². The van der Waals surface area contributed by atoms with Gasteiger partial charge in [0.15, 0.2) is 5.75 Å². The average Bonchev–Trinajstić information content (AvgIpc) is 2.54. The highest BCUT2D eigenvalue weighted by Crippen LogP contribution is 2.37. The van der Waals surface area contributed by atoms with E-state index in [9.17, 15) is 5.11 Å². The number of phenols is 1. The van der Waals surface area contributed by atoms with E-state index in [1.807, 2.05) is 12.1 Å². The van der Waals surface area contributed by atoms with Crippen LogP contribution in [0.4, 0.5) is 0 Å². The molecule has 0 spiro atoms. The lowest BCUT2D eigenvalue weighted by Crippen LogP contribution is -2.24. The molecule has 0 radical (unpaired) electrons. The van der Waals surface area contributed by atoms with Crippen molar-refractivity contribution >= 4 is 23.2 Å². The molecule has 5 heteroatoms. The molecule has 28 heavy (non-hydrogen) atoms. The summed E-state index contributed by atoms with van der Waals surface area (Å²) in [6.07, 6.45) is 1.80. The van der Waals surface area contributed by atoms with Crippen molar-refractivity contribution in [2.24, 2.45) is 5.41 Å². The van der Waals surface area contributed by atoms with E-state index in [2.05, 4.69) is 46.8 Å². The maximum Gasteiger partial charge on any atom is 0.156 e. The molecule has 0 aliphatic carbocycles. The van der Waals surface area contributed by atoms with Gasteiger partial charge in [-0.25, -0.2) is 0 Å². The molecule has 0 heterocycles. The molecule has 0 unspecified atom stereocenters. The van der Waals surface area contributed by atoms with E-state index < -0.39 is 0 Å². The summed E-state index contributed by atoms with van der Waals surface area (Å²) in [6.45, 7) is 12.3. The number of rotatable bonds is 8. The molecule has 0 saturated heterocycles. The minimum atomic E-state index is 0.0137. The van der Waals surface area contributed by atoms with Crippen LogP contribution in [-0.2, 0) is 5.41 Å². The van der Waals surface area contributed by atoms with Crippen LogP contribution in [0, 0.1) is 5.41 Å². The lowest BCUT2D eigenvalue weighted by atomic mass is 9.72. The Morgan fingerprint density at radius 3 is 1.93 bits per heavy atom. The quantitative estimate of drug-likeness (QED) is 0.453. The first-order chi connectivity index (χ1) is 13.0. The number of benzene rings is 2. The van der Waals surface area contributed by atoms with Crippen molar-refractivity contribution in [3.8, 4) is 17.2 Å². The minimum absolute atomic E-state index is 0.0137. The second-order valence-corrected chi connectivity index (χ2v) is 9.75. The molecule has 0 aromatic heterocycles. The first-order valence-corrected chi connectivity index (χ1v) is 10.3. The van der Waals surface area contributed by atoms with Gasteiger partial charge in [-0.15, -0.1) is 0 Å². The van der Waals surface area contributed by atoms with Crippen molar-refractivity contribution in [1.29, 1.82) is 0 Å². The van der Waals surface area contributed by atoms with Crippen LogP contribution in [0.5, 0.6) is 17.2 Å². The van der Waals surface area contributed by atoms with Crippen LogP contribution in [0.2, 0.25) is 10.0 Å². The zero-order valence-corrected chi connectivity index (χ0v) is 18.8. The summed E-state index contributed by atoms with van der Waals surface area (Å²) in [5, 5.41) is 10.0.